The molecule has 0 aromatic carbocycles. The van der Waals surface area contributed by atoms with Crippen LogP contribution in [0.25, 0.3) is 0 Å². The van der Waals surface area contributed by atoms with Gasteiger partial charge in [0, 0.05) is 0 Å². The van der Waals surface area contributed by atoms with Gasteiger partial charge in [-0.1, -0.05) is 18.6 Å². The predicted molar refractivity (Wildman–Crippen MR) is 34.6 cm³/mol. The van der Waals surface area contributed by atoms with Gasteiger partial charge in [-0.25, -0.2) is 4.39 Å². The van der Waals surface area contributed by atoms with Crippen molar-refractivity contribution >= 4 is 0 Å². The van der Waals surface area contributed by atoms with E-state index >= 15 is 0 Å². The van der Waals surface area contributed by atoms with Gasteiger partial charge in [-0.05, 0) is 20.3 Å². The van der Waals surface area contributed by atoms with Crippen LogP contribution in [0, 0.1) is 0 Å². The molecule has 1 atom stereocenters. The molecule has 0 aliphatic heterocycles. The molecule has 0 bridgehead atoms. The Hall–Kier alpha value is -0.330. The summed E-state index contributed by atoms with van der Waals surface area (Å²) in [5.74, 6) is 0. The highest BCUT2D eigenvalue weighted by molar-refractivity contribution is 4.99. The van der Waals surface area contributed by atoms with Crippen LogP contribution in [0.4, 0.5) is 4.39 Å². The van der Waals surface area contributed by atoms with E-state index in [1.165, 1.54) is 0 Å². The standard InChI is InChI=1S/C7H13F/c1-4-6(2)5-7(3)8/h5,7H,4H2,1-3H3. The van der Waals surface area contributed by atoms with Gasteiger partial charge in [-0.2, -0.15) is 0 Å². The lowest BCUT2D eigenvalue weighted by Gasteiger charge is -1.94. The average Bonchev–Trinajstić information content (AvgIpc) is 1.65. The maximum Gasteiger partial charge on any atom is 0.116 e. The monoisotopic (exact) mass is 116 g/mol. The van der Waals surface area contributed by atoms with E-state index in [1.54, 1.807) is 13.0 Å². The van der Waals surface area contributed by atoms with E-state index < -0.39 is 6.17 Å². The molecule has 0 nitrogen and oxygen atoms in total. The average molecular weight is 116 g/mol. The van der Waals surface area contributed by atoms with E-state index in [2.05, 4.69) is 0 Å². The molecule has 0 saturated carbocycles. The summed E-state index contributed by atoms with van der Waals surface area (Å²) in [5, 5.41) is 0. The Morgan fingerprint density at radius 1 is 1.75 bits per heavy atom. The molecule has 48 valence electrons. The summed E-state index contributed by atoms with van der Waals surface area (Å²) in [5.41, 5.74) is 1.13. The summed E-state index contributed by atoms with van der Waals surface area (Å²) >= 11 is 0. The minimum atomic E-state index is -0.782. The highest BCUT2D eigenvalue weighted by Crippen LogP contribution is 2.01. The molecule has 0 spiro atoms. The molecule has 1 unspecified atom stereocenters. The second-order valence-corrected chi connectivity index (χ2v) is 2.04. The first-order valence-corrected chi connectivity index (χ1v) is 2.98. The number of alkyl halides is 1. The Morgan fingerprint density at radius 3 is 2.38 bits per heavy atom. The molecule has 0 aliphatic rings. The molecule has 0 amide bonds. The summed E-state index contributed by atoms with van der Waals surface area (Å²) in [6.07, 6.45) is 1.81. The van der Waals surface area contributed by atoms with Gasteiger partial charge in [0.2, 0.25) is 0 Å². The predicted octanol–water partition coefficient (Wildman–Crippen LogP) is 2.70. The Balaban J connectivity index is 3.56. The van der Waals surface area contributed by atoms with Gasteiger partial charge in [0.15, 0.2) is 0 Å². The van der Waals surface area contributed by atoms with Crippen molar-refractivity contribution in [1.29, 1.82) is 0 Å². The SMILES string of the molecule is CCC(C)=CC(C)F. The molecular weight excluding hydrogens is 103 g/mol. The van der Waals surface area contributed by atoms with E-state index in [1.807, 2.05) is 13.8 Å². The largest absolute Gasteiger partial charge is 0.243 e. The fraction of sp³-hybridized carbons (Fsp3) is 0.714. The molecule has 0 fully saturated rings. The number of allylic oxidation sites excluding steroid dienone is 2. The highest BCUT2D eigenvalue weighted by atomic mass is 19.1. The minimum Gasteiger partial charge on any atom is -0.243 e. The topological polar surface area (TPSA) is 0 Å². The third-order valence-electron chi connectivity index (χ3n) is 1.07. The summed E-state index contributed by atoms with van der Waals surface area (Å²) in [6.45, 7) is 5.50. The summed E-state index contributed by atoms with van der Waals surface area (Å²) in [7, 11) is 0. The van der Waals surface area contributed by atoms with E-state index in [9.17, 15) is 4.39 Å². The van der Waals surface area contributed by atoms with Crippen LogP contribution in [0.1, 0.15) is 27.2 Å². The van der Waals surface area contributed by atoms with Crippen molar-refractivity contribution in [2.75, 3.05) is 0 Å². The van der Waals surface area contributed by atoms with E-state index in [-0.39, 0.29) is 0 Å². The molecule has 1 heteroatoms. The third-order valence-corrected chi connectivity index (χ3v) is 1.07. The normalized spacial score (nSPS) is 16.2. The molecule has 0 saturated heterocycles. The number of hydrogen-bond donors (Lipinski definition) is 0. The highest BCUT2D eigenvalue weighted by Gasteiger charge is 1.90. The van der Waals surface area contributed by atoms with Crippen LogP contribution < -0.4 is 0 Å². The molecule has 0 aromatic heterocycles. The van der Waals surface area contributed by atoms with Crippen LogP contribution in [-0.4, -0.2) is 6.17 Å². The second kappa shape index (κ2) is 3.65. The van der Waals surface area contributed by atoms with Crippen LogP contribution in [0.3, 0.4) is 0 Å². The van der Waals surface area contributed by atoms with Gasteiger partial charge in [-0.3, -0.25) is 0 Å². The van der Waals surface area contributed by atoms with Gasteiger partial charge >= 0.3 is 0 Å². The summed E-state index contributed by atoms with van der Waals surface area (Å²) < 4.78 is 12.1. The molecule has 0 aromatic rings. The number of hydrogen-bond acceptors (Lipinski definition) is 0. The van der Waals surface area contributed by atoms with Crippen LogP contribution >= 0.6 is 0 Å². The zero-order valence-electron chi connectivity index (χ0n) is 5.74. The van der Waals surface area contributed by atoms with Crippen molar-refractivity contribution in [2.24, 2.45) is 0 Å². The van der Waals surface area contributed by atoms with Gasteiger partial charge in [0.25, 0.3) is 0 Å². The quantitative estimate of drug-likeness (QED) is 0.486. The van der Waals surface area contributed by atoms with Crippen molar-refractivity contribution in [3.8, 4) is 0 Å². The number of halogens is 1. The van der Waals surface area contributed by atoms with Crippen LogP contribution in [-0.2, 0) is 0 Å². The lowest BCUT2D eigenvalue weighted by atomic mass is 10.2. The molecule has 8 heavy (non-hydrogen) atoms. The van der Waals surface area contributed by atoms with Gasteiger partial charge in [-0.15, -0.1) is 0 Å². The molecule has 0 heterocycles. The molecular formula is C7H13F. The van der Waals surface area contributed by atoms with E-state index in [4.69, 9.17) is 0 Å². The summed E-state index contributed by atoms with van der Waals surface area (Å²) in [6, 6.07) is 0. The van der Waals surface area contributed by atoms with Crippen LogP contribution in [0.15, 0.2) is 11.6 Å². The van der Waals surface area contributed by atoms with Gasteiger partial charge in [0.05, 0.1) is 0 Å². The Kier molecular flexibility index (Phi) is 3.49. The zero-order valence-corrected chi connectivity index (χ0v) is 5.74. The maximum absolute atomic E-state index is 12.1. The maximum atomic E-state index is 12.1. The van der Waals surface area contributed by atoms with Crippen molar-refractivity contribution in [2.45, 2.75) is 33.4 Å². The fourth-order valence-electron chi connectivity index (χ4n) is 0.510. The van der Waals surface area contributed by atoms with E-state index in [0.717, 1.165) is 12.0 Å². The van der Waals surface area contributed by atoms with Crippen molar-refractivity contribution in [1.82, 2.24) is 0 Å². The minimum absolute atomic E-state index is 0.782. The first-order valence-electron chi connectivity index (χ1n) is 2.98. The lowest BCUT2D eigenvalue weighted by Crippen LogP contribution is -1.85. The smallest absolute Gasteiger partial charge is 0.116 e. The van der Waals surface area contributed by atoms with Crippen molar-refractivity contribution < 1.29 is 4.39 Å². The Bertz CT molecular complexity index is 82.4. The Morgan fingerprint density at radius 2 is 2.25 bits per heavy atom. The van der Waals surface area contributed by atoms with Gasteiger partial charge in [0.1, 0.15) is 6.17 Å². The van der Waals surface area contributed by atoms with Crippen LogP contribution in [0.2, 0.25) is 0 Å². The Labute approximate surface area is 50.4 Å². The van der Waals surface area contributed by atoms with Crippen molar-refractivity contribution in [3.63, 3.8) is 0 Å². The first-order chi connectivity index (χ1) is 3.66. The molecule has 0 N–H and O–H groups in total. The van der Waals surface area contributed by atoms with Crippen LogP contribution in [0.5, 0.6) is 0 Å². The second-order valence-electron chi connectivity index (χ2n) is 2.04. The van der Waals surface area contributed by atoms with E-state index in [0.29, 0.717) is 0 Å². The first kappa shape index (κ1) is 7.67. The molecule has 0 radical (unpaired) electrons. The number of rotatable bonds is 2. The van der Waals surface area contributed by atoms with Gasteiger partial charge < -0.3 is 0 Å². The summed E-state index contributed by atoms with van der Waals surface area (Å²) in [4.78, 5) is 0. The molecule has 0 rings (SSSR count). The lowest BCUT2D eigenvalue weighted by molar-refractivity contribution is 0.428. The third kappa shape index (κ3) is 3.85. The molecule has 0 aliphatic carbocycles. The fourth-order valence-corrected chi connectivity index (χ4v) is 0.510. The van der Waals surface area contributed by atoms with Crippen molar-refractivity contribution in [3.05, 3.63) is 11.6 Å². The zero-order chi connectivity index (χ0) is 6.57.